The number of piperazine rings is 1. The van der Waals surface area contributed by atoms with E-state index in [4.69, 9.17) is 11.8 Å². The molecule has 1 aromatic heterocycles. The van der Waals surface area contributed by atoms with Gasteiger partial charge in [-0.05, 0) is 18.5 Å². The third-order valence-corrected chi connectivity index (χ3v) is 4.37. The molecule has 1 atom stereocenters. The van der Waals surface area contributed by atoms with Crippen LogP contribution < -0.4 is 21.1 Å². The van der Waals surface area contributed by atoms with Crippen molar-refractivity contribution in [3.05, 3.63) is 40.8 Å². The van der Waals surface area contributed by atoms with Crippen LogP contribution in [0.2, 0.25) is 0 Å². The fourth-order valence-electron chi connectivity index (χ4n) is 2.84. The molecule has 1 saturated heterocycles. The van der Waals surface area contributed by atoms with Crippen LogP contribution in [0.1, 0.15) is 12.1 Å². The monoisotopic (exact) mass is 321 g/mol. The van der Waals surface area contributed by atoms with Crippen LogP contribution in [0.3, 0.4) is 0 Å². The minimum Gasteiger partial charge on any atom is -0.332 e. The second-order valence-corrected chi connectivity index (χ2v) is 5.78. The molecule has 118 valence electrons. The van der Waals surface area contributed by atoms with Crippen molar-refractivity contribution >= 4 is 23.3 Å². The maximum Gasteiger partial charge on any atom is 0.270 e. The van der Waals surface area contributed by atoms with Crippen LogP contribution in [0.5, 0.6) is 0 Å². The fraction of sp³-hybridized carbons (Fsp3) is 0.467. The van der Waals surface area contributed by atoms with E-state index in [1.807, 2.05) is 11.0 Å². The summed E-state index contributed by atoms with van der Waals surface area (Å²) in [5, 5.41) is 6.57. The van der Waals surface area contributed by atoms with Crippen LogP contribution in [0.25, 0.3) is 5.57 Å². The lowest BCUT2D eigenvalue weighted by atomic mass is 10.1. The number of nitrogens with zero attached hydrogens (tertiary/aromatic N) is 3. The molecule has 0 unspecified atom stereocenters. The summed E-state index contributed by atoms with van der Waals surface area (Å²) in [5.41, 5.74) is 1.57. The normalized spacial score (nSPS) is 22.3. The molecule has 3 rings (SSSR count). The van der Waals surface area contributed by atoms with Gasteiger partial charge in [0.1, 0.15) is 0 Å². The molecule has 7 heteroatoms. The molecular formula is C15H20ClN5O. The third-order valence-electron chi connectivity index (χ3n) is 4.05. The Morgan fingerprint density at radius 2 is 2.27 bits per heavy atom. The van der Waals surface area contributed by atoms with Gasteiger partial charge >= 0.3 is 0 Å². The smallest absolute Gasteiger partial charge is 0.270 e. The highest BCUT2D eigenvalue weighted by Gasteiger charge is 2.24. The highest BCUT2D eigenvalue weighted by atomic mass is 35.5. The molecule has 3 heterocycles. The maximum absolute atomic E-state index is 12.2. The molecule has 0 aromatic carbocycles. The molecule has 22 heavy (non-hydrogen) atoms. The average molecular weight is 322 g/mol. The summed E-state index contributed by atoms with van der Waals surface area (Å²) >= 11 is 6.17. The lowest BCUT2D eigenvalue weighted by Crippen LogP contribution is -2.52. The quantitative estimate of drug-likeness (QED) is 0.798. The first-order chi connectivity index (χ1) is 10.7. The molecule has 1 fully saturated rings. The fourth-order valence-corrected chi connectivity index (χ4v) is 3.02. The molecule has 0 bridgehead atoms. The van der Waals surface area contributed by atoms with E-state index in [2.05, 4.69) is 28.3 Å². The van der Waals surface area contributed by atoms with Gasteiger partial charge in [0, 0.05) is 44.0 Å². The number of halogens is 1. The van der Waals surface area contributed by atoms with Crippen molar-refractivity contribution in [2.24, 2.45) is 0 Å². The predicted octanol–water partition coefficient (Wildman–Crippen LogP) is 0.586. The Hall–Kier alpha value is -1.63. The number of anilines is 1. The first-order valence-corrected chi connectivity index (χ1v) is 7.85. The summed E-state index contributed by atoms with van der Waals surface area (Å²) in [6.07, 6.45) is 4.80. The Balaban J connectivity index is 2.02. The van der Waals surface area contributed by atoms with E-state index < -0.39 is 0 Å². The molecule has 6 nitrogen and oxygen atoms in total. The van der Waals surface area contributed by atoms with E-state index >= 15 is 0 Å². The van der Waals surface area contributed by atoms with Gasteiger partial charge in [-0.3, -0.25) is 4.79 Å². The van der Waals surface area contributed by atoms with E-state index in [0.29, 0.717) is 5.95 Å². The topological polar surface area (TPSA) is 62.2 Å². The number of nitrogens with one attached hydrogen (secondary N) is 2. The van der Waals surface area contributed by atoms with Gasteiger partial charge in [0.25, 0.3) is 5.56 Å². The van der Waals surface area contributed by atoms with Crippen molar-refractivity contribution in [2.75, 3.05) is 37.6 Å². The molecule has 0 amide bonds. The van der Waals surface area contributed by atoms with E-state index in [1.54, 1.807) is 0 Å². The van der Waals surface area contributed by atoms with E-state index in [9.17, 15) is 4.79 Å². The largest absolute Gasteiger partial charge is 0.332 e. The van der Waals surface area contributed by atoms with Gasteiger partial charge in [-0.15, -0.1) is 6.58 Å². The first-order valence-electron chi connectivity index (χ1n) is 7.51. The highest BCUT2D eigenvalue weighted by molar-refractivity contribution is 6.16. The molecule has 0 radical (unpaired) electrons. The predicted molar refractivity (Wildman–Crippen MR) is 89.4 cm³/mol. The van der Waals surface area contributed by atoms with Crippen molar-refractivity contribution in [3.8, 4) is 0 Å². The lowest BCUT2D eigenvalue weighted by molar-refractivity contribution is 0.519. The van der Waals surface area contributed by atoms with Crippen molar-refractivity contribution < 1.29 is 0 Å². The number of hydrogen-bond donors (Lipinski definition) is 2. The molecule has 1 aromatic rings. The SMILES string of the molecule is C=C[C@@H]1CNCCN1c1nc(C2=CCNCC2)cc(=O)n1Cl. The second-order valence-electron chi connectivity index (χ2n) is 5.44. The van der Waals surface area contributed by atoms with Crippen LogP contribution in [-0.2, 0) is 0 Å². The van der Waals surface area contributed by atoms with Gasteiger partial charge in [0.15, 0.2) is 0 Å². The van der Waals surface area contributed by atoms with Crippen LogP contribution in [0.4, 0.5) is 5.95 Å². The van der Waals surface area contributed by atoms with Crippen molar-refractivity contribution in [1.29, 1.82) is 0 Å². The van der Waals surface area contributed by atoms with Crippen LogP contribution in [0, 0.1) is 0 Å². The summed E-state index contributed by atoms with van der Waals surface area (Å²) < 4.78 is 1.10. The maximum atomic E-state index is 12.2. The molecule has 0 spiro atoms. The Bertz CT molecular complexity index is 654. The summed E-state index contributed by atoms with van der Waals surface area (Å²) in [4.78, 5) is 18.9. The minimum absolute atomic E-state index is 0.0721. The first kappa shape index (κ1) is 15.3. The average Bonchev–Trinajstić information content (AvgIpc) is 2.58. The summed E-state index contributed by atoms with van der Waals surface area (Å²) in [7, 11) is 0. The zero-order valence-corrected chi connectivity index (χ0v) is 13.1. The standard InChI is InChI=1S/C15H20ClN5O/c1-2-12-10-18-7-8-20(12)15-19-13(9-14(22)21(15)16)11-3-5-17-6-4-11/h2-3,9,12,17-18H,1,4-8,10H2/t12-/m1/s1. The molecule has 2 aliphatic heterocycles. The van der Waals surface area contributed by atoms with Crippen molar-refractivity contribution in [2.45, 2.75) is 12.5 Å². The van der Waals surface area contributed by atoms with Crippen LogP contribution >= 0.6 is 11.8 Å². The zero-order valence-electron chi connectivity index (χ0n) is 12.4. The zero-order chi connectivity index (χ0) is 15.5. The van der Waals surface area contributed by atoms with E-state index in [-0.39, 0.29) is 11.6 Å². The Morgan fingerprint density at radius 3 is 3.00 bits per heavy atom. The van der Waals surface area contributed by atoms with E-state index in [0.717, 1.165) is 54.5 Å². The summed E-state index contributed by atoms with van der Waals surface area (Å²) in [6.45, 7) is 7.90. The van der Waals surface area contributed by atoms with Gasteiger partial charge in [-0.25, -0.2) is 4.98 Å². The van der Waals surface area contributed by atoms with Crippen LogP contribution in [-0.4, -0.2) is 47.8 Å². The molecule has 2 aliphatic rings. The van der Waals surface area contributed by atoms with Gasteiger partial charge in [0.05, 0.1) is 11.7 Å². The molecule has 2 N–H and O–H groups in total. The summed E-state index contributed by atoms with van der Waals surface area (Å²) in [5.74, 6) is 0.495. The van der Waals surface area contributed by atoms with Gasteiger partial charge in [-0.2, -0.15) is 4.09 Å². The molecule has 0 saturated carbocycles. The molecular weight excluding hydrogens is 302 g/mol. The molecule has 0 aliphatic carbocycles. The van der Waals surface area contributed by atoms with Crippen LogP contribution in [0.15, 0.2) is 29.6 Å². The summed E-state index contributed by atoms with van der Waals surface area (Å²) in [6, 6.07) is 1.58. The van der Waals surface area contributed by atoms with E-state index in [1.165, 1.54) is 6.07 Å². The number of hydrogen-bond acceptors (Lipinski definition) is 5. The Labute approximate surface area is 134 Å². The van der Waals surface area contributed by atoms with Gasteiger partial charge in [0.2, 0.25) is 5.95 Å². The second kappa shape index (κ2) is 6.64. The van der Waals surface area contributed by atoms with Crippen molar-refractivity contribution in [1.82, 2.24) is 19.7 Å². The number of rotatable bonds is 3. The van der Waals surface area contributed by atoms with Gasteiger partial charge in [-0.1, -0.05) is 12.2 Å². The Kier molecular flexibility index (Phi) is 4.61. The highest BCUT2D eigenvalue weighted by Crippen LogP contribution is 2.22. The third kappa shape index (κ3) is 2.95. The lowest BCUT2D eigenvalue weighted by Gasteiger charge is -2.35. The van der Waals surface area contributed by atoms with Crippen molar-refractivity contribution in [3.63, 3.8) is 0 Å². The minimum atomic E-state index is -0.248. The number of aromatic nitrogens is 2. The van der Waals surface area contributed by atoms with Gasteiger partial charge < -0.3 is 15.5 Å². The Morgan fingerprint density at radius 1 is 1.41 bits per heavy atom.